The standard InChI is InChI=1S/C19H26N4O2/c1-4-20-19(23(3)14-16-9-7-15(2)8-10-16)22-12-11-21-18(24)17-6-5-13-25-17/h5-10,13H,4,11-12,14H2,1-3H3,(H,20,22)(H,21,24). The number of hydrogen-bond donors (Lipinski definition) is 2. The Morgan fingerprint density at radius 2 is 1.96 bits per heavy atom. The van der Waals surface area contributed by atoms with Gasteiger partial charge in [0.1, 0.15) is 0 Å². The summed E-state index contributed by atoms with van der Waals surface area (Å²) in [6, 6.07) is 11.8. The topological polar surface area (TPSA) is 69.9 Å². The van der Waals surface area contributed by atoms with Crippen molar-refractivity contribution in [3.63, 3.8) is 0 Å². The summed E-state index contributed by atoms with van der Waals surface area (Å²) in [6.45, 7) is 6.62. The molecule has 1 amide bonds. The molecule has 25 heavy (non-hydrogen) atoms. The molecular formula is C19H26N4O2. The summed E-state index contributed by atoms with van der Waals surface area (Å²) in [5, 5.41) is 6.07. The van der Waals surface area contributed by atoms with Crippen molar-refractivity contribution in [3.8, 4) is 0 Å². The van der Waals surface area contributed by atoms with E-state index in [4.69, 9.17) is 4.42 Å². The second-order valence-electron chi connectivity index (χ2n) is 5.81. The fourth-order valence-electron chi connectivity index (χ4n) is 2.34. The van der Waals surface area contributed by atoms with E-state index in [0.717, 1.165) is 19.0 Å². The molecule has 0 radical (unpaired) electrons. The number of hydrogen-bond acceptors (Lipinski definition) is 3. The molecule has 1 aromatic heterocycles. The molecule has 6 heteroatoms. The van der Waals surface area contributed by atoms with Gasteiger partial charge in [-0.3, -0.25) is 9.79 Å². The first-order valence-electron chi connectivity index (χ1n) is 8.47. The molecule has 2 rings (SSSR count). The SMILES string of the molecule is CCNC(=NCCNC(=O)c1ccco1)N(C)Cc1ccc(C)cc1. The maximum atomic E-state index is 11.8. The summed E-state index contributed by atoms with van der Waals surface area (Å²) in [4.78, 5) is 18.4. The number of benzene rings is 1. The number of amides is 1. The summed E-state index contributed by atoms with van der Waals surface area (Å²) in [5.41, 5.74) is 2.48. The highest BCUT2D eigenvalue weighted by Gasteiger charge is 2.08. The zero-order chi connectivity index (χ0) is 18.1. The number of guanidine groups is 1. The molecule has 0 saturated heterocycles. The smallest absolute Gasteiger partial charge is 0.287 e. The highest BCUT2D eigenvalue weighted by molar-refractivity contribution is 5.91. The summed E-state index contributed by atoms with van der Waals surface area (Å²) >= 11 is 0. The van der Waals surface area contributed by atoms with Crippen LogP contribution in [0.15, 0.2) is 52.1 Å². The number of carbonyl (C=O) groups is 1. The van der Waals surface area contributed by atoms with Crippen LogP contribution < -0.4 is 10.6 Å². The van der Waals surface area contributed by atoms with Crippen LogP contribution in [0.1, 0.15) is 28.6 Å². The van der Waals surface area contributed by atoms with Crippen LogP contribution in [0.5, 0.6) is 0 Å². The van der Waals surface area contributed by atoms with Gasteiger partial charge < -0.3 is 20.0 Å². The molecular weight excluding hydrogens is 316 g/mol. The highest BCUT2D eigenvalue weighted by Crippen LogP contribution is 2.06. The Morgan fingerprint density at radius 1 is 1.20 bits per heavy atom. The first-order chi connectivity index (χ1) is 12.1. The third-order valence-corrected chi connectivity index (χ3v) is 3.64. The molecule has 134 valence electrons. The second-order valence-corrected chi connectivity index (χ2v) is 5.81. The molecule has 0 saturated carbocycles. The number of nitrogens with one attached hydrogen (secondary N) is 2. The van der Waals surface area contributed by atoms with E-state index in [1.54, 1.807) is 12.1 Å². The molecule has 1 heterocycles. The zero-order valence-corrected chi connectivity index (χ0v) is 15.1. The van der Waals surface area contributed by atoms with Crippen LogP contribution in [0.3, 0.4) is 0 Å². The van der Waals surface area contributed by atoms with E-state index in [0.29, 0.717) is 18.8 Å². The summed E-state index contributed by atoms with van der Waals surface area (Å²) in [5.74, 6) is 0.904. The van der Waals surface area contributed by atoms with Crippen molar-refractivity contribution >= 4 is 11.9 Å². The minimum atomic E-state index is -0.224. The van der Waals surface area contributed by atoms with Crippen molar-refractivity contribution in [2.75, 3.05) is 26.7 Å². The monoisotopic (exact) mass is 342 g/mol. The molecule has 0 unspecified atom stereocenters. The molecule has 0 aliphatic carbocycles. The quantitative estimate of drug-likeness (QED) is 0.461. The maximum Gasteiger partial charge on any atom is 0.287 e. The molecule has 0 fully saturated rings. The van der Waals surface area contributed by atoms with Crippen LogP contribution in [0.25, 0.3) is 0 Å². The Balaban J connectivity index is 1.86. The highest BCUT2D eigenvalue weighted by atomic mass is 16.3. The van der Waals surface area contributed by atoms with Crippen LogP contribution in [0.2, 0.25) is 0 Å². The van der Waals surface area contributed by atoms with Gasteiger partial charge in [-0.15, -0.1) is 0 Å². The molecule has 2 aromatic rings. The first kappa shape index (κ1) is 18.6. The van der Waals surface area contributed by atoms with Gasteiger partial charge in [0.15, 0.2) is 11.7 Å². The van der Waals surface area contributed by atoms with E-state index in [2.05, 4.69) is 51.7 Å². The molecule has 0 aliphatic rings. The number of furan rings is 1. The largest absolute Gasteiger partial charge is 0.459 e. The van der Waals surface area contributed by atoms with Crippen molar-refractivity contribution in [1.82, 2.24) is 15.5 Å². The number of aryl methyl sites for hydroxylation is 1. The predicted molar refractivity (Wildman–Crippen MR) is 99.7 cm³/mol. The Bertz CT molecular complexity index is 678. The molecule has 0 atom stereocenters. The van der Waals surface area contributed by atoms with E-state index >= 15 is 0 Å². The minimum absolute atomic E-state index is 0.224. The van der Waals surface area contributed by atoms with Gasteiger partial charge in [0, 0.05) is 26.7 Å². The minimum Gasteiger partial charge on any atom is -0.459 e. The van der Waals surface area contributed by atoms with E-state index in [1.807, 2.05) is 14.0 Å². The van der Waals surface area contributed by atoms with Crippen molar-refractivity contribution in [1.29, 1.82) is 0 Å². The van der Waals surface area contributed by atoms with Gasteiger partial charge in [0.05, 0.1) is 12.8 Å². The van der Waals surface area contributed by atoms with Crippen molar-refractivity contribution in [3.05, 3.63) is 59.5 Å². The normalized spacial score (nSPS) is 11.2. The van der Waals surface area contributed by atoms with E-state index < -0.39 is 0 Å². The van der Waals surface area contributed by atoms with Crippen molar-refractivity contribution < 1.29 is 9.21 Å². The fraction of sp³-hybridized carbons (Fsp3) is 0.368. The third kappa shape index (κ3) is 5.99. The fourth-order valence-corrected chi connectivity index (χ4v) is 2.34. The van der Waals surface area contributed by atoms with Gasteiger partial charge in [0.2, 0.25) is 0 Å². The second kappa shape index (κ2) is 9.52. The zero-order valence-electron chi connectivity index (χ0n) is 15.1. The third-order valence-electron chi connectivity index (χ3n) is 3.64. The lowest BCUT2D eigenvalue weighted by atomic mass is 10.1. The lowest BCUT2D eigenvalue weighted by molar-refractivity contribution is 0.0927. The van der Waals surface area contributed by atoms with Gasteiger partial charge >= 0.3 is 0 Å². The lowest BCUT2D eigenvalue weighted by Crippen LogP contribution is -2.39. The maximum absolute atomic E-state index is 11.8. The summed E-state index contributed by atoms with van der Waals surface area (Å²) in [6.07, 6.45) is 1.48. The molecule has 0 bridgehead atoms. The van der Waals surface area contributed by atoms with Crippen LogP contribution in [0, 0.1) is 6.92 Å². The lowest BCUT2D eigenvalue weighted by Gasteiger charge is -2.22. The first-order valence-corrected chi connectivity index (χ1v) is 8.47. The number of aliphatic imine (C=N–C) groups is 1. The van der Waals surface area contributed by atoms with Gasteiger partial charge in [-0.2, -0.15) is 0 Å². The summed E-state index contributed by atoms with van der Waals surface area (Å²) in [7, 11) is 2.00. The van der Waals surface area contributed by atoms with E-state index in [-0.39, 0.29) is 5.91 Å². The molecule has 0 spiro atoms. The average molecular weight is 342 g/mol. The van der Waals surface area contributed by atoms with Crippen LogP contribution in [-0.4, -0.2) is 43.4 Å². The van der Waals surface area contributed by atoms with Crippen LogP contribution >= 0.6 is 0 Å². The van der Waals surface area contributed by atoms with Crippen LogP contribution in [0.4, 0.5) is 0 Å². The van der Waals surface area contributed by atoms with Gasteiger partial charge in [-0.1, -0.05) is 29.8 Å². The van der Waals surface area contributed by atoms with Crippen molar-refractivity contribution in [2.24, 2.45) is 4.99 Å². The number of nitrogens with zero attached hydrogens (tertiary/aromatic N) is 2. The molecule has 6 nitrogen and oxygen atoms in total. The van der Waals surface area contributed by atoms with Gasteiger partial charge in [-0.05, 0) is 31.5 Å². The molecule has 2 N–H and O–H groups in total. The molecule has 1 aromatic carbocycles. The van der Waals surface area contributed by atoms with Crippen LogP contribution in [-0.2, 0) is 6.54 Å². The molecule has 0 aliphatic heterocycles. The van der Waals surface area contributed by atoms with Gasteiger partial charge in [0.25, 0.3) is 5.91 Å². The van der Waals surface area contributed by atoms with E-state index in [1.165, 1.54) is 17.4 Å². The Labute approximate surface area is 148 Å². The Morgan fingerprint density at radius 3 is 2.60 bits per heavy atom. The van der Waals surface area contributed by atoms with E-state index in [9.17, 15) is 4.79 Å². The predicted octanol–water partition coefficient (Wildman–Crippen LogP) is 2.42. The average Bonchev–Trinajstić information content (AvgIpc) is 3.14. The Kier molecular flexibility index (Phi) is 7.07. The summed E-state index contributed by atoms with van der Waals surface area (Å²) < 4.78 is 5.06. The number of rotatable bonds is 7. The number of carbonyl (C=O) groups excluding carboxylic acids is 1. The Hall–Kier alpha value is -2.76. The van der Waals surface area contributed by atoms with Crippen molar-refractivity contribution in [2.45, 2.75) is 20.4 Å². The van der Waals surface area contributed by atoms with Gasteiger partial charge in [-0.25, -0.2) is 0 Å².